The van der Waals surface area contributed by atoms with E-state index in [4.69, 9.17) is 0 Å². The van der Waals surface area contributed by atoms with E-state index in [-0.39, 0.29) is 0 Å². The molecule has 102 valence electrons. The fraction of sp³-hybridized carbons (Fsp3) is 0.438. The number of nitrogens with one attached hydrogen (secondary N) is 1. The molecule has 0 radical (unpaired) electrons. The molecular weight excluding hydrogens is 234 g/mol. The summed E-state index contributed by atoms with van der Waals surface area (Å²) >= 11 is 0. The predicted molar refractivity (Wildman–Crippen MR) is 79.1 cm³/mol. The van der Waals surface area contributed by atoms with Gasteiger partial charge in [-0.3, -0.25) is 4.68 Å². The summed E-state index contributed by atoms with van der Waals surface area (Å²) in [6.45, 7) is 7.14. The third-order valence-corrected chi connectivity index (χ3v) is 3.16. The van der Waals surface area contributed by atoms with Crippen molar-refractivity contribution in [1.29, 1.82) is 0 Å². The molecule has 2 rings (SSSR count). The van der Waals surface area contributed by atoms with Crippen LogP contribution in [-0.2, 0) is 19.5 Å². The molecule has 0 saturated heterocycles. The van der Waals surface area contributed by atoms with Crippen molar-refractivity contribution in [1.82, 2.24) is 15.1 Å². The Morgan fingerprint density at radius 2 is 2.00 bits per heavy atom. The van der Waals surface area contributed by atoms with Gasteiger partial charge in [0.05, 0.1) is 11.4 Å². The van der Waals surface area contributed by atoms with Crippen LogP contribution in [0.2, 0.25) is 0 Å². The first-order valence-corrected chi connectivity index (χ1v) is 7.07. The van der Waals surface area contributed by atoms with Gasteiger partial charge in [-0.05, 0) is 37.9 Å². The maximum atomic E-state index is 4.51. The van der Waals surface area contributed by atoms with Crippen molar-refractivity contribution in [2.75, 3.05) is 6.54 Å². The molecule has 0 aliphatic rings. The molecule has 0 aliphatic carbocycles. The average molecular weight is 257 g/mol. The lowest BCUT2D eigenvalue weighted by molar-refractivity contribution is 0.548. The first-order valence-electron chi connectivity index (χ1n) is 7.07. The molecule has 0 fully saturated rings. The number of nitrogens with zero attached hydrogens (tertiary/aromatic N) is 2. The second-order valence-corrected chi connectivity index (χ2v) is 4.91. The van der Waals surface area contributed by atoms with Crippen molar-refractivity contribution in [2.45, 2.75) is 39.8 Å². The maximum Gasteiger partial charge on any atom is 0.0597 e. The van der Waals surface area contributed by atoms with Gasteiger partial charge in [0.25, 0.3) is 0 Å². The van der Waals surface area contributed by atoms with E-state index >= 15 is 0 Å². The van der Waals surface area contributed by atoms with Crippen LogP contribution in [0.3, 0.4) is 0 Å². The molecule has 0 aliphatic heterocycles. The predicted octanol–water partition coefficient (Wildman–Crippen LogP) is 2.93. The van der Waals surface area contributed by atoms with Gasteiger partial charge in [0, 0.05) is 13.1 Å². The molecule has 0 atom stereocenters. The molecule has 2 aromatic rings. The highest BCUT2D eigenvalue weighted by Crippen LogP contribution is 2.05. The van der Waals surface area contributed by atoms with Gasteiger partial charge < -0.3 is 5.32 Å². The van der Waals surface area contributed by atoms with Crippen molar-refractivity contribution >= 4 is 0 Å². The highest BCUT2D eigenvalue weighted by molar-refractivity contribution is 5.15. The second-order valence-electron chi connectivity index (χ2n) is 4.91. The third-order valence-electron chi connectivity index (χ3n) is 3.16. The van der Waals surface area contributed by atoms with Crippen LogP contribution in [0.5, 0.6) is 0 Å². The molecule has 1 aromatic heterocycles. The molecule has 0 unspecified atom stereocenters. The topological polar surface area (TPSA) is 29.9 Å². The van der Waals surface area contributed by atoms with Crippen LogP contribution in [0.25, 0.3) is 0 Å². The summed E-state index contributed by atoms with van der Waals surface area (Å²) in [7, 11) is 0. The minimum absolute atomic E-state index is 0.897. The van der Waals surface area contributed by atoms with E-state index in [0.29, 0.717) is 0 Å². The van der Waals surface area contributed by atoms with Gasteiger partial charge in [0.1, 0.15) is 0 Å². The molecule has 3 heteroatoms. The Morgan fingerprint density at radius 1 is 1.21 bits per heavy atom. The zero-order valence-electron chi connectivity index (χ0n) is 11.9. The van der Waals surface area contributed by atoms with Crippen LogP contribution >= 0.6 is 0 Å². The van der Waals surface area contributed by atoms with E-state index in [1.54, 1.807) is 0 Å². The largest absolute Gasteiger partial charge is 0.311 e. The van der Waals surface area contributed by atoms with Crippen LogP contribution in [-0.4, -0.2) is 16.3 Å². The number of aromatic nitrogens is 2. The summed E-state index contributed by atoms with van der Waals surface area (Å²) in [5.41, 5.74) is 3.77. The lowest BCUT2D eigenvalue weighted by atomic mass is 10.1. The number of hydrogen-bond acceptors (Lipinski definition) is 2. The van der Waals surface area contributed by atoms with Crippen LogP contribution in [0.15, 0.2) is 36.4 Å². The monoisotopic (exact) mass is 257 g/mol. The van der Waals surface area contributed by atoms with Crippen molar-refractivity contribution in [2.24, 2.45) is 0 Å². The molecule has 0 bridgehead atoms. The summed E-state index contributed by atoms with van der Waals surface area (Å²) in [6, 6.07) is 12.8. The minimum atomic E-state index is 0.897. The lowest BCUT2D eigenvalue weighted by Gasteiger charge is -2.07. The van der Waals surface area contributed by atoms with Gasteiger partial charge in [0.2, 0.25) is 0 Å². The molecule has 0 amide bonds. The Balaban J connectivity index is 1.79. The zero-order valence-corrected chi connectivity index (χ0v) is 11.9. The number of benzene rings is 1. The molecule has 0 saturated carbocycles. The van der Waals surface area contributed by atoms with Crippen molar-refractivity contribution in [3.63, 3.8) is 0 Å². The Hall–Kier alpha value is -1.61. The normalized spacial score (nSPS) is 10.8. The fourth-order valence-corrected chi connectivity index (χ4v) is 2.24. The van der Waals surface area contributed by atoms with Gasteiger partial charge in [-0.15, -0.1) is 0 Å². The standard InChI is InChI=1S/C16H23N3/c1-3-11-19-16(12-14(2)18-19)13-17-10-9-15-7-5-4-6-8-15/h4-8,12,17H,3,9-11,13H2,1-2H3. The van der Waals surface area contributed by atoms with Gasteiger partial charge >= 0.3 is 0 Å². The van der Waals surface area contributed by atoms with Gasteiger partial charge in [0.15, 0.2) is 0 Å². The van der Waals surface area contributed by atoms with Crippen LogP contribution < -0.4 is 5.32 Å². The van der Waals surface area contributed by atoms with Crippen molar-refractivity contribution in [3.8, 4) is 0 Å². The van der Waals surface area contributed by atoms with Crippen LogP contribution in [0.1, 0.15) is 30.3 Å². The Morgan fingerprint density at radius 3 is 2.74 bits per heavy atom. The van der Waals surface area contributed by atoms with E-state index in [9.17, 15) is 0 Å². The van der Waals surface area contributed by atoms with E-state index in [2.05, 4.69) is 65.3 Å². The minimum Gasteiger partial charge on any atom is -0.311 e. The summed E-state index contributed by atoms with van der Waals surface area (Å²) < 4.78 is 2.12. The zero-order chi connectivity index (χ0) is 13.5. The second kappa shape index (κ2) is 7.10. The van der Waals surface area contributed by atoms with Crippen LogP contribution in [0, 0.1) is 6.92 Å². The summed E-state index contributed by atoms with van der Waals surface area (Å²) in [5.74, 6) is 0. The molecule has 19 heavy (non-hydrogen) atoms. The summed E-state index contributed by atoms with van der Waals surface area (Å²) in [4.78, 5) is 0. The van der Waals surface area contributed by atoms with E-state index in [1.165, 1.54) is 11.3 Å². The van der Waals surface area contributed by atoms with Crippen LogP contribution in [0.4, 0.5) is 0 Å². The summed E-state index contributed by atoms with van der Waals surface area (Å²) in [6.07, 6.45) is 2.19. The van der Waals surface area contributed by atoms with Gasteiger partial charge in [-0.2, -0.15) is 5.10 Å². The van der Waals surface area contributed by atoms with Gasteiger partial charge in [-0.1, -0.05) is 37.3 Å². The molecule has 3 nitrogen and oxygen atoms in total. The SMILES string of the molecule is CCCn1nc(C)cc1CNCCc1ccccc1. The highest BCUT2D eigenvalue weighted by atomic mass is 15.3. The highest BCUT2D eigenvalue weighted by Gasteiger charge is 2.03. The Kier molecular flexibility index (Phi) is 5.16. The van der Waals surface area contributed by atoms with Crippen molar-refractivity contribution in [3.05, 3.63) is 53.3 Å². The molecule has 1 heterocycles. The molecule has 1 aromatic carbocycles. The third kappa shape index (κ3) is 4.21. The molecule has 0 spiro atoms. The fourth-order valence-electron chi connectivity index (χ4n) is 2.24. The van der Waals surface area contributed by atoms with E-state index in [0.717, 1.165) is 38.2 Å². The Labute approximate surface area is 115 Å². The maximum absolute atomic E-state index is 4.51. The Bertz CT molecular complexity index is 488. The number of rotatable bonds is 7. The van der Waals surface area contributed by atoms with E-state index in [1.807, 2.05) is 0 Å². The lowest BCUT2D eigenvalue weighted by Crippen LogP contribution is -2.19. The van der Waals surface area contributed by atoms with Crippen molar-refractivity contribution < 1.29 is 0 Å². The number of aryl methyl sites for hydroxylation is 2. The van der Waals surface area contributed by atoms with Gasteiger partial charge in [-0.25, -0.2) is 0 Å². The average Bonchev–Trinajstić information content (AvgIpc) is 2.77. The molecule has 1 N–H and O–H groups in total. The summed E-state index contributed by atoms with van der Waals surface area (Å²) in [5, 5.41) is 8.02. The number of hydrogen-bond donors (Lipinski definition) is 1. The first-order chi connectivity index (χ1) is 9.29. The molecular formula is C16H23N3. The quantitative estimate of drug-likeness (QED) is 0.773. The van der Waals surface area contributed by atoms with E-state index < -0.39 is 0 Å². The first kappa shape index (κ1) is 13.8. The smallest absolute Gasteiger partial charge is 0.0597 e.